The maximum atomic E-state index is 12.2. The molecule has 0 radical (unpaired) electrons. The smallest absolute Gasteiger partial charge is 0.223 e. The second kappa shape index (κ2) is 6.33. The number of piperidine rings is 1. The summed E-state index contributed by atoms with van der Waals surface area (Å²) in [6.45, 7) is 0.710. The van der Waals surface area contributed by atoms with Crippen LogP contribution in [-0.4, -0.2) is 42.8 Å². The molecule has 3 aromatic rings. The fourth-order valence-electron chi connectivity index (χ4n) is 3.65. The number of carbonyl (C=O) groups is 1. The van der Waals surface area contributed by atoms with Gasteiger partial charge >= 0.3 is 0 Å². The van der Waals surface area contributed by atoms with E-state index in [9.17, 15) is 4.79 Å². The third-order valence-corrected chi connectivity index (χ3v) is 5.04. The molecule has 1 amide bonds. The largest absolute Gasteiger partial charge is 0.336 e. The first-order chi connectivity index (χ1) is 12.1. The highest BCUT2D eigenvalue weighted by atomic mass is 16.2. The Bertz CT molecular complexity index is 898. The van der Waals surface area contributed by atoms with Crippen molar-refractivity contribution in [2.75, 3.05) is 7.05 Å². The monoisotopic (exact) mass is 338 g/mol. The highest BCUT2D eigenvalue weighted by molar-refractivity contribution is 5.77. The van der Waals surface area contributed by atoms with Crippen LogP contribution in [0.3, 0.4) is 0 Å². The Morgan fingerprint density at radius 2 is 2.04 bits per heavy atom. The van der Waals surface area contributed by atoms with Gasteiger partial charge in [-0.1, -0.05) is 6.07 Å². The Morgan fingerprint density at radius 3 is 2.84 bits per heavy atom. The van der Waals surface area contributed by atoms with Gasteiger partial charge in [-0.2, -0.15) is 0 Å². The van der Waals surface area contributed by atoms with Crippen LogP contribution in [0, 0.1) is 0 Å². The van der Waals surface area contributed by atoms with Crippen molar-refractivity contribution in [2.24, 2.45) is 7.05 Å². The molecule has 0 aromatic carbocycles. The van der Waals surface area contributed by atoms with Crippen molar-refractivity contribution >= 4 is 11.6 Å². The van der Waals surface area contributed by atoms with Crippen LogP contribution in [0.25, 0.3) is 5.65 Å². The van der Waals surface area contributed by atoms with Crippen LogP contribution >= 0.6 is 0 Å². The van der Waals surface area contributed by atoms with E-state index >= 15 is 0 Å². The number of nitrogens with zero attached hydrogens (tertiary/aromatic N) is 5. The van der Waals surface area contributed by atoms with Gasteiger partial charge in [0.05, 0.1) is 0 Å². The Morgan fingerprint density at radius 1 is 1.20 bits per heavy atom. The number of imidazole rings is 2. The van der Waals surface area contributed by atoms with E-state index in [-0.39, 0.29) is 18.0 Å². The van der Waals surface area contributed by atoms with Crippen molar-refractivity contribution in [3.8, 4) is 0 Å². The molecule has 7 heteroatoms. The fraction of sp³-hybridized carbons (Fsp3) is 0.389. The lowest BCUT2D eigenvalue weighted by Crippen LogP contribution is -2.49. The highest BCUT2D eigenvalue weighted by Gasteiger charge is 2.36. The normalized spacial score (nSPS) is 21.2. The van der Waals surface area contributed by atoms with Crippen molar-refractivity contribution in [3.63, 3.8) is 0 Å². The lowest BCUT2D eigenvalue weighted by molar-refractivity contribution is -0.136. The molecular formula is C18H22N6O. The van der Waals surface area contributed by atoms with Gasteiger partial charge in [-0.25, -0.2) is 9.97 Å². The molecule has 0 spiro atoms. The zero-order chi connectivity index (χ0) is 17.4. The number of nitrogens with one attached hydrogen (secondary N) is 1. The molecule has 1 aliphatic heterocycles. The summed E-state index contributed by atoms with van der Waals surface area (Å²) >= 11 is 0. The molecule has 1 fully saturated rings. The van der Waals surface area contributed by atoms with E-state index in [4.69, 9.17) is 0 Å². The zero-order valence-electron chi connectivity index (χ0n) is 14.5. The van der Waals surface area contributed by atoms with Crippen LogP contribution in [0.1, 0.15) is 30.4 Å². The minimum atomic E-state index is -0.0664. The lowest BCUT2D eigenvalue weighted by Gasteiger charge is -2.39. The van der Waals surface area contributed by atoms with Crippen LogP contribution in [0.2, 0.25) is 0 Å². The maximum absolute atomic E-state index is 12.2. The highest BCUT2D eigenvalue weighted by Crippen LogP contribution is 2.29. The van der Waals surface area contributed by atoms with E-state index in [1.165, 1.54) is 0 Å². The van der Waals surface area contributed by atoms with Gasteiger partial charge in [0.2, 0.25) is 5.91 Å². The van der Waals surface area contributed by atoms with Crippen molar-refractivity contribution < 1.29 is 4.79 Å². The first-order valence-electron chi connectivity index (χ1n) is 8.52. The Labute approximate surface area is 146 Å². The first kappa shape index (κ1) is 15.8. The van der Waals surface area contributed by atoms with Crippen LogP contribution in [0.5, 0.6) is 0 Å². The Hall–Kier alpha value is -2.67. The van der Waals surface area contributed by atoms with Gasteiger partial charge in [-0.15, -0.1) is 0 Å². The van der Waals surface area contributed by atoms with E-state index in [2.05, 4.69) is 25.8 Å². The van der Waals surface area contributed by atoms with E-state index in [0.29, 0.717) is 13.0 Å². The second-order valence-corrected chi connectivity index (χ2v) is 6.54. The van der Waals surface area contributed by atoms with Crippen LogP contribution < -0.4 is 5.32 Å². The van der Waals surface area contributed by atoms with Gasteiger partial charge in [0.15, 0.2) is 0 Å². The number of rotatable bonds is 4. The summed E-state index contributed by atoms with van der Waals surface area (Å²) in [5.74, 6) is 1.08. The molecule has 1 aliphatic rings. The number of likely N-dealkylation sites (tertiary alicyclic amines) is 1. The molecule has 0 saturated carbocycles. The number of amides is 1. The molecule has 4 rings (SSSR count). The molecule has 0 bridgehead atoms. The molecule has 1 saturated heterocycles. The minimum absolute atomic E-state index is 0.0664. The number of hydrogen-bond donors (Lipinski definition) is 1. The van der Waals surface area contributed by atoms with Crippen molar-refractivity contribution in [3.05, 3.63) is 54.5 Å². The average Bonchev–Trinajstić information content (AvgIpc) is 3.25. The average molecular weight is 338 g/mol. The predicted octanol–water partition coefficient (Wildman–Crippen LogP) is 1.52. The summed E-state index contributed by atoms with van der Waals surface area (Å²) in [7, 11) is 3.84. The molecule has 7 nitrogen and oxygen atoms in total. The third-order valence-electron chi connectivity index (χ3n) is 5.04. The number of aryl methyl sites for hydroxylation is 1. The number of hydrogen-bond acceptors (Lipinski definition) is 4. The van der Waals surface area contributed by atoms with E-state index in [1.54, 1.807) is 6.20 Å². The van der Waals surface area contributed by atoms with Gasteiger partial charge in [0, 0.05) is 63.6 Å². The number of aromatic nitrogens is 4. The third kappa shape index (κ3) is 2.80. The molecule has 0 unspecified atom stereocenters. The predicted molar refractivity (Wildman–Crippen MR) is 93.8 cm³/mol. The summed E-state index contributed by atoms with van der Waals surface area (Å²) in [5.41, 5.74) is 2.09. The molecule has 130 valence electrons. The molecule has 4 heterocycles. The van der Waals surface area contributed by atoms with E-state index in [1.807, 2.05) is 54.3 Å². The van der Waals surface area contributed by atoms with Crippen molar-refractivity contribution in [1.29, 1.82) is 0 Å². The molecule has 2 atom stereocenters. The molecule has 0 aliphatic carbocycles. The zero-order valence-corrected chi connectivity index (χ0v) is 14.5. The SMILES string of the molecule is CN1C(=O)CC[C@@H](NCc2cccc3nccn23)[C@@H]1c1nccn1C. The number of likely N-dealkylation sites (N-methyl/N-ethyl adjacent to an activating group) is 1. The van der Waals surface area contributed by atoms with Gasteiger partial charge in [0.25, 0.3) is 0 Å². The Kier molecular flexibility index (Phi) is 4.01. The fourth-order valence-corrected chi connectivity index (χ4v) is 3.65. The van der Waals surface area contributed by atoms with Gasteiger partial charge in [-0.05, 0) is 18.6 Å². The number of fused-ring (bicyclic) bond motifs is 1. The van der Waals surface area contributed by atoms with Gasteiger partial charge in [-0.3, -0.25) is 4.79 Å². The quantitative estimate of drug-likeness (QED) is 0.783. The van der Waals surface area contributed by atoms with Crippen LogP contribution in [0.4, 0.5) is 0 Å². The standard InChI is InChI=1S/C18H22N6O/c1-22-10-8-20-18(22)17-14(6-7-16(25)23(17)2)21-12-13-4-3-5-15-19-9-11-24(13)15/h3-5,8-11,14,17,21H,6-7,12H2,1-2H3/t14-,17-/m1/s1. The minimum Gasteiger partial charge on any atom is -0.336 e. The first-order valence-corrected chi connectivity index (χ1v) is 8.52. The van der Waals surface area contributed by atoms with Crippen LogP contribution in [0.15, 0.2) is 43.0 Å². The van der Waals surface area contributed by atoms with Crippen molar-refractivity contribution in [1.82, 2.24) is 29.2 Å². The topological polar surface area (TPSA) is 67.5 Å². The molecular weight excluding hydrogens is 316 g/mol. The maximum Gasteiger partial charge on any atom is 0.223 e. The summed E-state index contributed by atoms with van der Waals surface area (Å²) in [6.07, 6.45) is 8.85. The summed E-state index contributed by atoms with van der Waals surface area (Å²) in [5, 5.41) is 3.64. The summed E-state index contributed by atoms with van der Waals surface area (Å²) in [6, 6.07) is 6.19. The summed E-state index contributed by atoms with van der Waals surface area (Å²) in [4.78, 5) is 22.9. The number of pyridine rings is 1. The lowest BCUT2D eigenvalue weighted by atomic mass is 9.95. The molecule has 1 N–H and O–H groups in total. The van der Waals surface area contributed by atoms with Gasteiger partial charge in [0.1, 0.15) is 17.5 Å². The van der Waals surface area contributed by atoms with Crippen molar-refractivity contribution in [2.45, 2.75) is 31.5 Å². The van der Waals surface area contributed by atoms with E-state index in [0.717, 1.165) is 23.6 Å². The molecule has 25 heavy (non-hydrogen) atoms. The van der Waals surface area contributed by atoms with Gasteiger partial charge < -0.3 is 19.2 Å². The second-order valence-electron chi connectivity index (χ2n) is 6.54. The molecule has 3 aromatic heterocycles. The van der Waals surface area contributed by atoms with E-state index < -0.39 is 0 Å². The Balaban J connectivity index is 1.58. The summed E-state index contributed by atoms with van der Waals surface area (Å²) < 4.78 is 4.07. The number of carbonyl (C=O) groups excluding carboxylic acids is 1. The van der Waals surface area contributed by atoms with Crippen LogP contribution in [-0.2, 0) is 18.4 Å².